The Morgan fingerprint density at radius 2 is 2.16 bits per heavy atom. The summed E-state index contributed by atoms with van der Waals surface area (Å²) < 4.78 is 4.95. The maximum Gasteiger partial charge on any atom is 0.227 e. The van der Waals surface area contributed by atoms with Gasteiger partial charge in [0, 0.05) is 19.0 Å². The third kappa shape index (κ3) is 3.93. The molecule has 1 aromatic heterocycles. The normalized spacial score (nSPS) is 12.6. The Labute approximate surface area is 122 Å². The molecule has 0 radical (unpaired) electrons. The van der Waals surface area contributed by atoms with E-state index in [1.54, 1.807) is 0 Å². The minimum atomic E-state index is 0.234. The summed E-state index contributed by atoms with van der Waals surface area (Å²) in [5, 5.41) is 8.17. The Bertz CT molecular complexity index is 517. The van der Waals surface area contributed by atoms with Crippen molar-refractivity contribution in [3.63, 3.8) is 0 Å². The highest BCUT2D eigenvalue weighted by atomic mass is 35.5. The molecule has 1 N–H and O–H groups in total. The van der Waals surface area contributed by atoms with Crippen LogP contribution in [0.4, 0.5) is 0 Å². The van der Waals surface area contributed by atoms with Crippen LogP contribution in [0.3, 0.4) is 0 Å². The molecule has 0 bridgehead atoms. The summed E-state index contributed by atoms with van der Waals surface area (Å²) in [5.74, 6) is 0.636. The second-order valence-corrected chi connectivity index (χ2v) is 4.99. The van der Waals surface area contributed by atoms with Gasteiger partial charge in [-0.25, -0.2) is 0 Å². The van der Waals surface area contributed by atoms with Gasteiger partial charge in [-0.15, -0.1) is 0 Å². The van der Waals surface area contributed by atoms with Crippen LogP contribution in [-0.4, -0.2) is 16.7 Å². The molecule has 0 aliphatic heterocycles. The fraction of sp³-hybridized carbons (Fsp3) is 0.385. The second kappa shape index (κ2) is 6.89. The second-order valence-electron chi connectivity index (χ2n) is 4.17. The molecule has 1 heterocycles. The predicted octanol–water partition coefficient (Wildman–Crippen LogP) is 3.66. The van der Waals surface area contributed by atoms with Gasteiger partial charge in [-0.2, -0.15) is 4.98 Å². The van der Waals surface area contributed by atoms with Crippen LogP contribution in [0.15, 0.2) is 29.0 Å². The van der Waals surface area contributed by atoms with Crippen molar-refractivity contribution in [1.82, 2.24) is 15.5 Å². The smallest absolute Gasteiger partial charge is 0.227 e. The van der Waals surface area contributed by atoms with Crippen molar-refractivity contribution in [2.45, 2.75) is 25.8 Å². The average Bonchev–Trinajstić information content (AvgIpc) is 2.91. The Hall–Kier alpha value is -1.10. The standard InChI is InChI=1S/C13H15Cl2N3O/c1-2-12(9-3-4-10(14)11(15)7-9)16-6-5-13-17-8-18-19-13/h3-4,7-8,12,16H,2,5-6H2,1H3. The summed E-state index contributed by atoms with van der Waals surface area (Å²) in [6, 6.07) is 5.94. The van der Waals surface area contributed by atoms with Crippen molar-refractivity contribution in [3.05, 3.63) is 46.0 Å². The van der Waals surface area contributed by atoms with Gasteiger partial charge in [0.1, 0.15) is 0 Å². The largest absolute Gasteiger partial charge is 0.340 e. The van der Waals surface area contributed by atoms with Crippen molar-refractivity contribution >= 4 is 23.2 Å². The zero-order valence-electron chi connectivity index (χ0n) is 10.6. The number of aromatic nitrogens is 2. The zero-order chi connectivity index (χ0) is 13.7. The van der Waals surface area contributed by atoms with E-state index in [0.29, 0.717) is 22.4 Å². The van der Waals surface area contributed by atoms with E-state index in [2.05, 4.69) is 22.4 Å². The minimum absolute atomic E-state index is 0.234. The molecule has 0 aliphatic rings. The van der Waals surface area contributed by atoms with Crippen molar-refractivity contribution in [2.24, 2.45) is 0 Å². The highest BCUT2D eigenvalue weighted by Crippen LogP contribution is 2.26. The number of rotatable bonds is 6. The Morgan fingerprint density at radius 3 is 2.79 bits per heavy atom. The molecule has 4 nitrogen and oxygen atoms in total. The number of hydrogen-bond acceptors (Lipinski definition) is 4. The molecule has 2 rings (SSSR count). The van der Waals surface area contributed by atoms with Gasteiger partial charge in [-0.1, -0.05) is 41.3 Å². The fourth-order valence-corrected chi connectivity index (χ4v) is 2.19. The lowest BCUT2D eigenvalue weighted by Gasteiger charge is -2.17. The molecule has 1 atom stereocenters. The number of benzene rings is 1. The van der Waals surface area contributed by atoms with Crippen LogP contribution in [-0.2, 0) is 6.42 Å². The highest BCUT2D eigenvalue weighted by Gasteiger charge is 2.10. The first-order valence-electron chi connectivity index (χ1n) is 6.14. The molecule has 0 fully saturated rings. The fourth-order valence-electron chi connectivity index (χ4n) is 1.89. The van der Waals surface area contributed by atoms with E-state index in [-0.39, 0.29) is 6.04 Å². The maximum absolute atomic E-state index is 6.04. The van der Waals surface area contributed by atoms with Crippen molar-refractivity contribution in [3.8, 4) is 0 Å². The number of nitrogens with zero attached hydrogens (tertiary/aromatic N) is 2. The lowest BCUT2D eigenvalue weighted by molar-refractivity contribution is 0.371. The molecule has 19 heavy (non-hydrogen) atoms. The van der Waals surface area contributed by atoms with Crippen LogP contribution >= 0.6 is 23.2 Å². The molecule has 2 aromatic rings. The average molecular weight is 300 g/mol. The van der Waals surface area contributed by atoms with E-state index in [4.69, 9.17) is 27.7 Å². The van der Waals surface area contributed by atoms with Gasteiger partial charge in [0.15, 0.2) is 6.33 Å². The van der Waals surface area contributed by atoms with Gasteiger partial charge in [0.25, 0.3) is 0 Å². The van der Waals surface area contributed by atoms with Crippen LogP contribution in [0.2, 0.25) is 10.0 Å². The summed E-state index contributed by atoms with van der Waals surface area (Å²) in [5.41, 5.74) is 1.13. The SMILES string of the molecule is CCC(NCCc1ncno1)c1ccc(Cl)c(Cl)c1. The molecular formula is C13H15Cl2N3O. The first kappa shape index (κ1) is 14.3. The minimum Gasteiger partial charge on any atom is -0.340 e. The van der Waals surface area contributed by atoms with Gasteiger partial charge in [-0.05, 0) is 24.1 Å². The molecular weight excluding hydrogens is 285 g/mol. The predicted molar refractivity (Wildman–Crippen MR) is 75.5 cm³/mol. The van der Waals surface area contributed by atoms with Crippen LogP contribution < -0.4 is 5.32 Å². The molecule has 1 aromatic carbocycles. The molecule has 102 valence electrons. The van der Waals surface area contributed by atoms with E-state index in [9.17, 15) is 0 Å². The molecule has 0 spiro atoms. The Balaban J connectivity index is 1.93. The number of nitrogens with one attached hydrogen (secondary N) is 1. The summed E-state index contributed by atoms with van der Waals surface area (Å²) in [6.07, 6.45) is 3.07. The van der Waals surface area contributed by atoms with Gasteiger partial charge in [0.2, 0.25) is 5.89 Å². The highest BCUT2D eigenvalue weighted by molar-refractivity contribution is 6.42. The molecule has 1 unspecified atom stereocenters. The topological polar surface area (TPSA) is 51.0 Å². The van der Waals surface area contributed by atoms with Gasteiger partial charge in [-0.3, -0.25) is 0 Å². The third-order valence-electron chi connectivity index (χ3n) is 2.89. The summed E-state index contributed by atoms with van der Waals surface area (Å²) in [7, 11) is 0. The van der Waals surface area contributed by atoms with Crippen molar-refractivity contribution in [2.75, 3.05) is 6.54 Å². The van der Waals surface area contributed by atoms with E-state index < -0.39 is 0 Å². The zero-order valence-corrected chi connectivity index (χ0v) is 12.1. The molecule has 0 saturated carbocycles. The first-order valence-corrected chi connectivity index (χ1v) is 6.90. The van der Waals surface area contributed by atoms with Crippen LogP contribution in [0, 0.1) is 0 Å². The lowest BCUT2D eigenvalue weighted by atomic mass is 10.0. The summed E-state index contributed by atoms with van der Waals surface area (Å²) >= 11 is 12.0. The van der Waals surface area contributed by atoms with Crippen LogP contribution in [0.25, 0.3) is 0 Å². The Morgan fingerprint density at radius 1 is 1.32 bits per heavy atom. The third-order valence-corrected chi connectivity index (χ3v) is 3.63. The Kier molecular flexibility index (Phi) is 5.19. The summed E-state index contributed by atoms with van der Waals surface area (Å²) in [4.78, 5) is 3.98. The lowest BCUT2D eigenvalue weighted by Crippen LogP contribution is -2.23. The van der Waals surface area contributed by atoms with E-state index >= 15 is 0 Å². The molecule has 0 saturated heterocycles. The van der Waals surface area contributed by atoms with E-state index in [1.165, 1.54) is 6.33 Å². The van der Waals surface area contributed by atoms with E-state index in [0.717, 1.165) is 18.5 Å². The van der Waals surface area contributed by atoms with Crippen LogP contribution in [0.1, 0.15) is 30.8 Å². The van der Waals surface area contributed by atoms with Gasteiger partial charge in [0.05, 0.1) is 10.0 Å². The monoisotopic (exact) mass is 299 g/mol. The first-order chi connectivity index (χ1) is 9.20. The molecule has 0 amide bonds. The van der Waals surface area contributed by atoms with Gasteiger partial charge >= 0.3 is 0 Å². The number of hydrogen-bond donors (Lipinski definition) is 1. The quantitative estimate of drug-likeness (QED) is 0.884. The van der Waals surface area contributed by atoms with E-state index in [1.807, 2.05) is 18.2 Å². The van der Waals surface area contributed by atoms with Gasteiger partial charge < -0.3 is 9.84 Å². The summed E-state index contributed by atoms with van der Waals surface area (Å²) in [6.45, 7) is 2.88. The molecule has 6 heteroatoms. The van der Waals surface area contributed by atoms with Crippen molar-refractivity contribution in [1.29, 1.82) is 0 Å². The molecule has 0 aliphatic carbocycles. The maximum atomic E-state index is 6.04. The van der Waals surface area contributed by atoms with Crippen molar-refractivity contribution < 1.29 is 4.52 Å². The number of halogens is 2. The van der Waals surface area contributed by atoms with Crippen LogP contribution in [0.5, 0.6) is 0 Å².